The number of carboxylic acids is 1. The Morgan fingerprint density at radius 3 is 2.69 bits per heavy atom. The quantitative estimate of drug-likeness (QED) is 0.669. The van der Waals surface area contributed by atoms with Gasteiger partial charge in [0, 0.05) is 17.9 Å². The molecule has 0 amide bonds. The van der Waals surface area contributed by atoms with Gasteiger partial charge in [-0.05, 0) is 30.5 Å². The smallest absolute Gasteiger partial charge is 0.337 e. The Morgan fingerprint density at radius 1 is 1.50 bits per heavy atom. The van der Waals surface area contributed by atoms with Gasteiger partial charge in [-0.3, -0.25) is 0 Å². The minimum Gasteiger partial charge on any atom is -0.478 e. The van der Waals surface area contributed by atoms with Crippen LogP contribution in [-0.4, -0.2) is 17.6 Å². The lowest BCUT2D eigenvalue weighted by atomic mass is 10.1. The lowest BCUT2D eigenvalue weighted by Crippen LogP contribution is -2.07. The highest BCUT2D eigenvalue weighted by Gasteiger charge is 2.07. The third-order valence-electron chi connectivity index (χ3n) is 2.33. The van der Waals surface area contributed by atoms with Gasteiger partial charge in [0.25, 0.3) is 0 Å². The summed E-state index contributed by atoms with van der Waals surface area (Å²) in [5.41, 5.74) is 6.94. The molecule has 0 unspecified atom stereocenters. The molecule has 0 bridgehead atoms. The molecule has 0 heterocycles. The van der Waals surface area contributed by atoms with Crippen LogP contribution < -0.4 is 11.1 Å². The fourth-order valence-electron chi connectivity index (χ4n) is 1.37. The number of carboxylic acid groups (broad SMARTS) is 1. The number of aromatic carboxylic acids is 1. The molecule has 4 N–H and O–H groups in total. The Morgan fingerprint density at radius 2 is 2.19 bits per heavy atom. The van der Waals surface area contributed by atoms with E-state index in [4.69, 9.17) is 10.8 Å². The van der Waals surface area contributed by atoms with Gasteiger partial charge in [0.2, 0.25) is 0 Å². The molecule has 0 spiro atoms. The van der Waals surface area contributed by atoms with Gasteiger partial charge < -0.3 is 16.2 Å². The molecular formula is C12H18N2O2. The maximum absolute atomic E-state index is 10.7. The van der Waals surface area contributed by atoms with E-state index in [2.05, 4.69) is 19.2 Å². The molecule has 16 heavy (non-hydrogen) atoms. The molecular weight excluding hydrogens is 204 g/mol. The van der Waals surface area contributed by atoms with Crippen LogP contribution in [0.5, 0.6) is 0 Å². The summed E-state index contributed by atoms with van der Waals surface area (Å²) in [7, 11) is 0. The number of nitrogens with two attached hydrogens (primary N) is 1. The standard InChI is InChI=1S/C12H18N2O2/c1-8(2)5-6-14-9-3-4-10(12(15)16)11(13)7-9/h3-4,7-8,14H,5-6,13H2,1-2H3,(H,15,16). The second-order valence-corrected chi connectivity index (χ2v) is 4.22. The molecule has 0 saturated carbocycles. The molecule has 0 radical (unpaired) electrons. The van der Waals surface area contributed by atoms with Crippen LogP contribution in [0.3, 0.4) is 0 Å². The molecule has 0 aliphatic carbocycles. The van der Waals surface area contributed by atoms with Crippen molar-refractivity contribution in [2.24, 2.45) is 5.92 Å². The van der Waals surface area contributed by atoms with Gasteiger partial charge in [-0.15, -0.1) is 0 Å². The largest absolute Gasteiger partial charge is 0.478 e. The van der Waals surface area contributed by atoms with E-state index >= 15 is 0 Å². The summed E-state index contributed by atoms with van der Waals surface area (Å²) in [6, 6.07) is 4.92. The van der Waals surface area contributed by atoms with Crippen LogP contribution in [0, 0.1) is 5.92 Å². The molecule has 1 aromatic carbocycles. The number of hydrogen-bond acceptors (Lipinski definition) is 3. The first-order valence-corrected chi connectivity index (χ1v) is 5.37. The summed E-state index contributed by atoms with van der Waals surface area (Å²) < 4.78 is 0. The Bertz CT molecular complexity index is 375. The molecule has 0 atom stereocenters. The molecule has 0 saturated heterocycles. The SMILES string of the molecule is CC(C)CCNc1ccc(C(=O)O)c(N)c1. The van der Waals surface area contributed by atoms with Crippen LogP contribution in [0.1, 0.15) is 30.6 Å². The Kier molecular flexibility index (Phi) is 4.17. The molecule has 0 aliphatic rings. The highest BCUT2D eigenvalue weighted by atomic mass is 16.4. The van der Waals surface area contributed by atoms with E-state index in [9.17, 15) is 4.79 Å². The third kappa shape index (κ3) is 3.46. The lowest BCUT2D eigenvalue weighted by Gasteiger charge is -2.09. The number of benzene rings is 1. The predicted octanol–water partition coefficient (Wildman–Crippen LogP) is 2.42. The predicted molar refractivity (Wildman–Crippen MR) is 65.8 cm³/mol. The number of nitrogens with one attached hydrogen (secondary N) is 1. The molecule has 1 aromatic rings. The first-order valence-electron chi connectivity index (χ1n) is 5.37. The summed E-state index contributed by atoms with van der Waals surface area (Å²) in [5.74, 6) is -0.352. The first kappa shape index (κ1) is 12.4. The fourth-order valence-corrected chi connectivity index (χ4v) is 1.37. The Labute approximate surface area is 95.5 Å². The number of hydrogen-bond donors (Lipinski definition) is 3. The second kappa shape index (κ2) is 5.39. The zero-order valence-corrected chi connectivity index (χ0v) is 9.66. The van der Waals surface area contributed by atoms with Crippen molar-refractivity contribution in [1.29, 1.82) is 0 Å². The summed E-state index contributed by atoms with van der Waals surface area (Å²) in [4.78, 5) is 10.7. The van der Waals surface area contributed by atoms with Crippen LogP contribution in [-0.2, 0) is 0 Å². The Hall–Kier alpha value is -1.71. The van der Waals surface area contributed by atoms with Gasteiger partial charge in [0.1, 0.15) is 0 Å². The van der Waals surface area contributed by atoms with Gasteiger partial charge >= 0.3 is 5.97 Å². The van der Waals surface area contributed by atoms with Gasteiger partial charge in [-0.1, -0.05) is 13.8 Å². The number of carbonyl (C=O) groups is 1. The molecule has 0 aromatic heterocycles. The van der Waals surface area contributed by atoms with Crippen LogP contribution in [0.15, 0.2) is 18.2 Å². The van der Waals surface area contributed by atoms with Crippen molar-refractivity contribution in [3.05, 3.63) is 23.8 Å². The number of anilines is 2. The zero-order valence-electron chi connectivity index (χ0n) is 9.66. The Balaban J connectivity index is 2.63. The average Bonchev–Trinajstić information content (AvgIpc) is 2.16. The van der Waals surface area contributed by atoms with E-state index in [-0.39, 0.29) is 5.56 Å². The molecule has 4 heteroatoms. The minimum absolute atomic E-state index is 0.148. The van der Waals surface area contributed by atoms with E-state index in [1.54, 1.807) is 12.1 Å². The summed E-state index contributed by atoms with van der Waals surface area (Å²) >= 11 is 0. The van der Waals surface area contributed by atoms with Gasteiger partial charge in [0.05, 0.1) is 5.56 Å². The molecule has 0 fully saturated rings. The summed E-state index contributed by atoms with van der Waals surface area (Å²) in [6.07, 6.45) is 1.07. The van der Waals surface area contributed by atoms with Crippen molar-refractivity contribution in [2.45, 2.75) is 20.3 Å². The second-order valence-electron chi connectivity index (χ2n) is 4.22. The monoisotopic (exact) mass is 222 g/mol. The average molecular weight is 222 g/mol. The van der Waals surface area contributed by atoms with Crippen molar-refractivity contribution in [2.75, 3.05) is 17.6 Å². The number of nitrogen functional groups attached to an aromatic ring is 1. The lowest BCUT2D eigenvalue weighted by molar-refractivity contribution is 0.0698. The van der Waals surface area contributed by atoms with E-state index in [0.717, 1.165) is 18.7 Å². The van der Waals surface area contributed by atoms with E-state index in [1.807, 2.05) is 0 Å². The van der Waals surface area contributed by atoms with Crippen LogP contribution in [0.4, 0.5) is 11.4 Å². The van der Waals surface area contributed by atoms with Gasteiger partial charge in [-0.2, -0.15) is 0 Å². The fraction of sp³-hybridized carbons (Fsp3) is 0.417. The first-order chi connectivity index (χ1) is 7.50. The van der Waals surface area contributed by atoms with Crippen LogP contribution in [0.25, 0.3) is 0 Å². The molecule has 0 aliphatic heterocycles. The normalized spacial score (nSPS) is 10.4. The van der Waals surface area contributed by atoms with Crippen molar-refractivity contribution in [3.63, 3.8) is 0 Å². The molecule has 4 nitrogen and oxygen atoms in total. The highest BCUT2D eigenvalue weighted by Crippen LogP contribution is 2.18. The molecule has 1 rings (SSSR count). The van der Waals surface area contributed by atoms with Gasteiger partial charge in [-0.25, -0.2) is 4.79 Å². The van der Waals surface area contributed by atoms with Crippen LogP contribution in [0.2, 0.25) is 0 Å². The zero-order chi connectivity index (χ0) is 12.1. The maximum Gasteiger partial charge on any atom is 0.337 e. The topological polar surface area (TPSA) is 75.3 Å². The summed E-state index contributed by atoms with van der Waals surface area (Å²) in [5, 5.41) is 12.0. The van der Waals surface area contributed by atoms with Gasteiger partial charge in [0.15, 0.2) is 0 Å². The van der Waals surface area contributed by atoms with Crippen molar-refractivity contribution in [3.8, 4) is 0 Å². The van der Waals surface area contributed by atoms with Crippen molar-refractivity contribution < 1.29 is 9.90 Å². The summed E-state index contributed by atoms with van der Waals surface area (Å²) in [6.45, 7) is 5.18. The minimum atomic E-state index is -0.994. The third-order valence-corrected chi connectivity index (χ3v) is 2.33. The molecule has 88 valence electrons. The van der Waals surface area contributed by atoms with E-state index < -0.39 is 5.97 Å². The van der Waals surface area contributed by atoms with Crippen LogP contribution >= 0.6 is 0 Å². The van der Waals surface area contributed by atoms with Crippen molar-refractivity contribution in [1.82, 2.24) is 0 Å². The number of rotatable bonds is 5. The van der Waals surface area contributed by atoms with E-state index in [0.29, 0.717) is 11.6 Å². The highest BCUT2D eigenvalue weighted by molar-refractivity contribution is 5.94. The maximum atomic E-state index is 10.7. The van der Waals surface area contributed by atoms with E-state index in [1.165, 1.54) is 6.07 Å². The van der Waals surface area contributed by atoms with Crippen molar-refractivity contribution >= 4 is 17.3 Å².